The average Bonchev–Trinajstić information content (AvgIpc) is 3.39. The molecule has 1 aliphatic heterocycles. The van der Waals surface area contributed by atoms with Crippen LogP contribution in [-0.4, -0.2) is 77.0 Å². The Hall–Kier alpha value is -4.62. The maximum Gasteiger partial charge on any atom is 0.319 e. The zero-order valence-corrected chi connectivity index (χ0v) is 24.7. The maximum atomic E-state index is 15.0. The standard InChI is InChI=1S/C30H31FN6O5S/c1-18(38)36(10-11-41-3)15-20-4-6-24(33-14-20)28-13-25-29(43-28)27(8-9-32-25)42-26-7-5-21(12-23(26)31)34-30(40)35-22-16-37(17-22)19(2)39/h4-9,12-14,22H,10-11,15-17H2,1-3H3,(H2,34,35,40). The largest absolute Gasteiger partial charge is 0.453 e. The van der Waals surface area contributed by atoms with Crippen molar-refractivity contribution >= 4 is 45.1 Å². The van der Waals surface area contributed by atoms with E-state index in [2.05, 4.69) is 20.6 Å². The van der Waals surface area contributed by atoms with Crippen LogP contribution in [0.5, 0.6) is 11.5 Å². The zero-order valence-electron chi connectivity index (χ0n) is 23.9. The molecule has 1 aromatic carbocycles. The second-order valence-electron chi connectivity index (χ2n) is 10.1. The van der Waals surface area contributed by atoms with Crippen molar-refractivity contribution in [2.45, 2.75) is 26.4 Å². The monoisotopic (exact) mass is 606 g/mol. The average molecular weight is 607 g/mol. The number of halogens is 1. The molecule has 4 amide bonds. The molecule has 0 unspecified atom stereocenters. The molecule has 0 aliphatic carbocycles. The second-order valence-corrected chi connectivity index (χ2v) is 11.1. The molecule has 0 radical (unpaired) electrons. The van der Waals surface area contributed by atoms with Gasteiger partial charge < -0.3 is 29.9 Å². The van der Waals surface area contributed by atoms with E-state index < -0.39 is 11.8 Å². The second kappa shape index (κ2) is 13.1. The number of nitrogens with zero attached hydrogens (tertiary/aromatic N) is 4. The Bertz CT molecular complexity index is 1640. The van der Waals surface area contributed by atoms with Crippen LogP contribution in [0.1, 0.15) is 19.4 Å². The Kier molecular flexibility index (Phi) is 9.12. The fourth-order valence-corrected chi connectivity index (χ4v) is 5.56. The molecular weight excluding hydrogens is 575 g/mol. The SMILES string of the molecule is COCCN(Cc1ccc(-c2cc3nccc(Oc4ccc(NC(=O)NC5CN(C(C)=O)C5)cc4F)c3s2)nc1)C(C)=O. The van der Waals surface area contributed by atoms with E-state index in [1.54, 1.807) is 41.4 Å². The molecule has 1 aliphatic rings. The summed E-state index contributed by atoms with van der Waals surface area (Å²) in [4.78, 5) is 48.7. The van der Waals surface area contributed by atoms with Gasteiger partial charge in [-0.15, -0.1) is 11.3 Å². The van der Waals surface area contributed by atoms with Crippen molar-refractivity contribution < 1.29 is 28.2 Å². The minimum atomic E-state index is -0.645. The highest BCUT2D eigenvalue weighted by molar-refractivity contribution is 7.22. The number of fused-ring (bicyclic) bond motifs is 1. The fourth-order valence-electron chi connectivity index (χ4n) is 4.51. The minimum Gasteiger partial charge on any atom is -0.453 e. The topological polar surface area (TPSA) is 126 Å². The lowest BCUT2D eigenvalue weighted by Gasteiger charge is -2.38. The summed E-state index contributed by atoms with van der Waals surface area (Å²) < 4.78 is 26.7. The van der Waals surface area contributed by atoms with Crippen molar-refractivity contribution in [3.63, 3.8) is 0 Å². The van der Waals surface area contributed by atoms with E-state index in [9.17, 15) is 18.8 Å². The molecule has 2 N–H and O–H groups in total. The summed E-state index contributed by atoms with van der Waals surface area (Å²) in [7, 11) is 1.60. The first-order valence-electron chi connectivity index (χ1n) is 13.6. The Labute approximate surface area is 251 Å². The van der Waals surface area contributed by atoms with Crippen molar-refractivity contribution in [2.75, 3.05) is 38.7 Å². The van der Waals surface area contributed by atoms with Gasteiger partial charge in [0, 0.05) is 77.4 Å². The quantitative estimate of drug-likeness (QED) is 0.270. The van der Waals surface area contributed by atoms with Crippen LogP contribution in [0.15, 0.2) is 54.9 Å². The van der Waals surface area contributed by atoms with Crippen LogP contribution in [0.3, 0.4) is 0 Å². The van der Waals surface area contributed by atoms with Gasteiger partial charge in [0.1, 0.15) is 5.75 Å². The third-order valence-corrected chi connectivity index (χ3v) is 8.07. The lowest BCUT2D eigenvalue weighted by molar-refractivity contribution is -0.133. The van der Waals surface area contributed by atoms with E-state index in [4.69, 9.17) is 9.47 Å². The first kappa shape index (κ1) is 29.9. The van der Waals surface area contributed by atoms with E-state index in [0.717, 1.165) is 20.8 Å². The number of hydrogen-bond donors (Lipinski definition) is 2. The number of carbonyl (C=O) groups is 3. The minimum absolute atomic E-state index is 0.00419. The van der Waals surface area contributed by atoms with E-state index in [0.29, 0.717) is 44.1 Å². The third-order valence-electron chi connectivity index (χ3n) is 6.91. The molecule has 3 aromatic heterocycles. The van der Waals surface area contributed by atoms with E-state index in [1.165, 1.54) is 37.3 Å². The number of ether oxygens (including phenoxy) is 2. The maximum absolute atomic E-state index is 15.0. The Balaban J connectivity index is 1.24. The van der Waals surface area contributed by atoms with Crippen LogP contribution in [0.2, 0.25) is 0 Å². The fraction of sp³-hybridized carbons (Fsp3) is 0.300. The molecule has 1 saturated heterocycles. The van der Waals surface area contributed by atoms with E-state index >= 15 is 0 Å². The highest BCUT2D eigenvalue weighted by Gasteiger charge is 2.29. The number of methoxy groups -OCH3 is 1. The highest BCUT2D eigenvalue weighted by Crippen LogP contribution is 2.39. The molecule has 5 rings (SSSR count). The first-order valence-corrected chi connectivity index (χ1v) is 14.4. The van der Waals surface area contributed by atoms with Crippen LogP contribution in [-0.2, 0) is 20.9 Å². The van der Waals surface area contributed by atoms with Gasteiger partial charge in [0.05, 0.1) is 33.4 Å². The van der Waals surface area contributed by atoms with Crippen LogP contribution >= 0.6 is 11.3 Å². The molecule has 4 heterocycles. The summed E-state index contributed by atoms with van der Waals surface area (Å²) in [6, 6.07) is 10.9. The number of benzene rings is 1. The molecule has 1 fully saturated rings. The van der Waals surface area contributed by atoms with Gasteiger partial charge in [0.15, 0.2) is 11.6 Å². The molecule has 43 heavy (non-hydrogen) atoms. The molecule has 0 spiro atoms. The number of amides is 4. The van der Waals surface area contributed by atoms with Crippen molar-refractivity contribution in [3.05, 3.63) is 66.2 Å². The summed E-state index contributed by atoms with van der Waals surface area (Å²) in [5.41, 5.74) is 2.58. The van der Waals surface area contributed by atoms with E-state index in [-0.39, 0.29) is 29.3 Å². The van der Waals surface area contributed by atoms with Gasteiger partial charge >= 0.3 is 6.03 Å². The Morgan fingerprint density at radius 2 is 1.91 bits per heavy atom. The first-order chi connectivity index (χ1) is 20.7. The zero-order chi connectivity index (χ0) is 30.5. The summed E-state index contributed by atoms with van der Waals surface area (Å²) in [5, 5.41) is 5.36. The molecule has 4 aromatic rings. The Morgan fingerprint density at radius 3 is 2.58 bits per heavy atom. The summed E-state index contributed by atoms with van der Waals surface area (Å²) >= 11 is 1.42. The molecule has 0 bridgehead atoms. The predicted molar refractivity (Wildman–Crippen MR) is 160 cm³/mol. The lowest BCUT2D eigenvalue weighted by atomic mass is 10.1. The number of urea groups is 1. The molecule has 0 saturated carbocycles. The van der Waals surface area contributed by atoms with Gasteiger partial charge in [-0.05, 0) is 29.8 Å². The normalized spacial score (nSPS) is 13.0. The van der Waals surface area contributed by atoms with E-state index in [1.807, 2.05) is 18.2 Å². The molecule has 0 atom stereocenters. The van der Waals surface area contributed by atoms with Crippen LogP contribution in [0, 0.1) is 5.82 Å². The molecule has 11 nitrogen and oxygen atoms in total. The third kappa shape index (κ3) is 7.24. The molecule has 224 valence electrons. The number of rotatable bonds is 10. The van der Waals surface area contributed by atoms with Crippen LogP contribution in [0.25, 0.3) is 20.8 Å². The van der Waals surface area contributed by atoms with Crippen LogP contribution in [0.4, 0.5) is 14.9 Å². The van der Waals surface area contributed by atoms with Gasteiger partial charge in [0.2, 0.25) is 11.8 Å². The molecular formula is C30H31FN6O5S. The van der Waals surface area contributed by atoms with Crippen molar-refractivity contribution in [2.24, 2.45) is 0 Å². The number of thiophene rings is 1. The van der Waals surface area contributed by atoms with Crippen molar-refractivity contribution in [1.29, 1.82) is 0 Å². The number of pyridine rings is 2. The summed E-state index contributed by atoms with van der Waals surface area (Å²) in [6.07, 6.45) is 3.33. The van der Waals surface area contributed by atoms with Crippen LogP contribution < -0.4 is 15.4 Å². The lowest BCUT2D eigenvalue weighted by Crippen LogP contribution is -2.61. The number of likely N-dealkylation sites (tertiary alicyclic amines) is 1. The number of anilines is 1. The van der Waals surface area contributed by atoms with Gasteiger partial charge in [-0.3, -0.25) is 19.6 Å². The van der Waals surface area contributed by atoms with Crippen molar-refractivity contribution in [3.8, 4) is 22.1 Å². The van der Waals surface area contributed by atoms with Gasteiger partial charge in [0.25, 0.3) is 0 Å². The Morgan fingerprint density at radius 1 is 1.09 bits per heavy atom. The summed E-state index contributed by atoms with van der Waals surface area (Å²) in [5.74, 6) is -0.293. The number of hydrogen-bond acceptors (Lipinski definition) is 8. The highest BCUT2D eigenvalue weighted by atomic mass is 32.1. The summed E-state index contributed by atoms with van der Waals surface area (Å²) in [6.45, 7) is 5.29. The van der Waals surface area contributed by atoms with Gasteiger partial charge in [-0.1, -0.05) is 6.07 Å². The molecule has 13 heteroatoms. The number of carbonyl (C=O) groups excluding carboxylic acids is 3. The number of aromatic nitrogens is 2. The smallest absolute Gasteiger partial charge is 0.319 e. The van der Waals surface area contributed by atoms with Gasteiger partial charge in [-0.2, -0.15) is 0 Å². The number of nitrogens with one attached hydrogen (secondary N) is 2. The van der Waals surface area contributed by atoms with Crippen molar-refractivity contribution in [1.82, 2.24) is 25.1 Å². The van der Waals surface area contributed by atoms with Gasteiger partial charge in [-0.25, -0.2) is 9.18 Å². The predicted octanol–water partition coefficient (Wildman–Crippen LogP) is 4.64.